The van der Waals surface area contributed by atoms with Crippen LogP contribution in [0, 0.1) is 69.6 Å². The molecular weight excluding hydrogens is 542 g/mol. The van der Waals surface area contributed by atoms with E-state index in [1.807, 2.05) is 6.92 Å². The minimum absolute atomic E-state index is 0.0223. The quantitative estimate of drug-likeness (QED) is 0.258. The third-order valence-corrected chi connectivity index (χ3v) is 12.2. The fourth-order valence-electron chi connectivity index (χ4n) is 10.0. The van der Waals surface area contributed by atoms with Gasteiger partial charge >= 0.3 is 5.63 Å². The molecule has 0 aliphatic heterocycles. The molecule has 2 aromatic rings. The highest BCUT2D eigenvalue weighted by atomic mass is 19.2. The van der Waals surface area contributed by atoms with Gasteiger partial charge in [0, 0.05) is 6.42 Å². The van der Waals surface area contributed by atoms with Crippen molar-refractivity contribution in [3.63, 3.8) is 0 Å². The van der Waals surface area contributed by atoms with Gasteiger partial charge in [-0.25, -0.2) is 27.3 Å². The van der Waals surface area contributed by atoms with Gasteiger partial charge in [0.05, 0.1) is 18.3 Å². The normalized spacial score (nSPS) is 41.1. The van der Waals surface area contributed by atoms with Crippen LogP contribution in [-0.2, 0) is 6.42 Å². The molecule has 10 heteroatoms. The topological polar surface area (TPSA) is 104 Å². The molecule has 11 atom stereocenters. The van der Waals surface area contributed by atoms with Gasteiger partial charge in [0.2, 0.25) is 0 Å². The third kappa shape index (κ3) is 4.21. The van der Waals surface area contributed by atoms with Gasteiger partial charge in [-0.2, -0.15) is 0 Å². The molecule has 0 radical (unpaired) electrons. The van der Waals surface area contributed by atoms with Gasteiger partial charge in [-0.3, -0.25) is 0 Å². The van der Waals surface area contributed by atoms with E-state index in [-0.39, 0.29) is 59.3 Å². The Morgan fingerprint density at radius 2 is 1.66 bits per heavy atom. The van der Waals surface area contributed by atoms with Crippen molar-refractivity contribution in [2.45, 2.75) is 96.9 Å². The molecule has 6 nitrogen and oxygen atoms in total. The number of aryl methyl sites for hydroxylation is 1. The Hall–Kier alpha value is -2.04. The van der Waals surface area contributed by atoms with Gasteiger partial charge in [-0.05, 0) is 97.7 Å². The summed E-state index contributed by atoms with van der Waals surface area (Å²) in [6.07, 6.45) is 4.54. The Labute approximate surface area is 236 Å². The van der Waals surface area contributed by atoms with E-state index in [1.54, 1.807) is 0 Å². The van der Waals surface area contributed by atoms with E-state index < -0.39 is 57.4 Å². The first-order valence-electron chi connectivity index (χ1n) is 15.0. The summed E-state index contributed by atoms with van der Waals surface area (Å²) in [6, 6.07) is 0. The number of fused-ring (bicyclic) bond motifs is 6. The van der Waals surface area contributed by atoms with Crippen LogP contribution in [0.25, 0.3) is 10.9 Å². The second-order valence-corrected chi connectivity index (χ2v) is 13.9. The average molecular weight is 582 g/mol. The summed E-state index contributed by atoms with van der Waals surface area (Å²) >= 11 is 0. The number of aliphatic hydroxyl groups excluding tert-OH is 3. The zero-order valence-corrected chi connectivity index (χ0v) is 23.7. The summed E-state index contributed by atoms with van der Waals surface area (Å²) in [5.41, 5.74) is -2.67. The number of aromatic nitrogens is 1. The highest BCUT2D eigenvalue weighted by Gasteiger charge is 2.65. The zero-order chi connectivity index (χ0) is 29.6. The molecule has 41 heavy (non-hydrogen) atoms. The monoisotopic (exact) mass is 581 g/mol. The molecule has 3 N–H and O–H groups in total. The molecule has 0 amide bonds. The van der Waals surface area contributed by atoms with Crippen LogP contribution in [0.3, 0.4) is 0 Å². The molecule has 6 rings (SSSR count). The molecule has 4 aliphatic rings. The first-order valence-corrected chi connectivity index (χ1v) is 15.0. The first kappa shape index (κ1) is 29.1. The van der Waals surface area contributed by atoms with Crippen LogP contribution < -0.4 is 5.63 Å². The highest BCUT2D eigenvalue weighted by molar-refractivity contribution is 5.78. The number of rotatable bonds is 4. The lowest BCUT2D eigenvalue weighted by Gasteiger charge is -2.63. The standard InChI is InChI=1S/C31H39F4NO5/c1-13(4-7-21-36-28-23(29(40)41-21)24(32)25(33)26(34)27(28)35)16-5-6-17-22-18(12-20(39)31(16,17)3)30(2)9-8-15(37)10-14(30)11-19(22)38/h13-20,22,37-39H,4-12H2,1-3H3/t13-,14+,15-,16-,17+,18?,19-,20+,22+,30+,31-/m1/s1. The molecule has 0 spiro atoms. The molecule has 1 heterocycles. The molecule has 4 fully saturated rings. The van der Waals surface area contributed by atoms with Crippen molar-refractivity contribution >= 4 is 10.9 Å². The Morgan fingerprint density at radius 3 is 2.39 bits per heavy atom. The maximum absolute atomic E-state index is 14.4. The highest BCUT2D eigenvalue weighted by Crippen LogP contribution is 2.68. The molecule has 4 saturated carbocycles. The van der Waals surface area contributed by atoms with Crippen molar-refractivity contribution in [1.29, 1.82) is 0 Å². The fourth-order valence-corrected chi connectivity index (χ4v) is 10.0. The van der Waals surface area contributed by atoms with Crippen LogP contribution >= 0.6 is 0 Å². The molecule has 1 aromatic heterocycles. The summed E-state index contributed by atoms with van der Waals surface area (Å²) in [7, 11) is 0. The number of aliphatic hydroxyl groups is 3. The van der Waals surface area contributed by atoms with E-state index in [0.29, 0.717) is 25.7 Å². The van der Waals surface area contributed by atoms with E-state index >= 15 is 0 Å². The van der Waals surface area contributed by atoms with Gasteiger partial charge < -0.3 is 19.7 Å². The number of hydrogen-bond acceptors (Lipinski definition) is 6. The maximum Gasteiger partial charge on any atom is 0.350 e. The minimum Gasteiger partial charge on any atom is -0.408 e. The summed E-state index contributed by atoms with van der Waals surface area (Å²) in [5, 5.41) is 32.4. The Bertz CT molecular complexity index is 1420. The molecule has 1 aromatic carbocycles. The largest absolute Gasteiger partial charge is 0.408 e. The summed E-state index contributed by atoms with van der Waals surface area (Å²) < 4.78 is 61.0. The molecule has 226 valence electrons. The van der Waals surface area contributed by atoms with Crippen LogP contribution in [0.2, 0.25) is 0 Å². The SMILES string of the molecule is C[C@H](CCc1nc2c(F)c(F)c(F)c(F)c2c(=O)o1)[C@H]1CC[C@H]2[C@H]3C(C[C@H](O)[C@]12C)[C@@]1(C)CC[C@@H](O)C[C@H]1C[C@H]3O. The van der Waals surface area contributed by atoms with E-state index in [9.17, 15) is 37.7 Å². The lowest BCUT2D eigenvalue weighted by Crippen LogP contribution is -2.62. The van der Waals surface area contributed by atoms with Crippen molar-refractivity contribution in [1.82, 2.24) is 4.98 Å². The predicted octanol–water partition coefficient (Wildman–Crippen LogP) is 5.27. The van der Waals surface area contributed by atoms with E-state index in [0.717, 1.165) is 25.7 Å². The van der Waals surface area contributed by atoms with Crippen molar-refractivity contribution < 1.29 is 37.3 Å². The molecule has 0 bridgehead atoms. The first-order chi connectivity index (χ1) is 19.3. The smallest absolute Gasteiger partial charge is 0.350 e. The second-order valence-electron chi connectivity index (χ2n) is 13.9. The molecular formula is C31H39F4NO5. The Balaban J connectivity index is 1.23. The summed E-state index contributed by atoms with van der Waals surface area (Å²) in [5.74, 6) is -7.12. The van der Waals surface area contributed by atoms with Crippen molar-refractivity contribution in [3.05, 3.63) is 39.6 Å². The minimum atomic E-state index is -2.09. The molecule has 4 aliphatic carbocycles. The average Bonchev–Trinajstić information content (AvgIpc) is 3.29. The van der Waals surface area contributed by atoms with Gasteiger partial charge in [0.15, 0.2) is 29.2 Å². The Morgan fingerprint density at radius 1 is 0.951 bits per heavy atom. The number of halogens is 4. The number of hydrogen-bond donors (Lipinski definition) is 3. The fraction of sp³-hybridized carbons (Fsp3) is 0.742. The van der Waals surface area contributed by atoms with Gasteiger partial charge in [0.1, 0.15) is 10.9 Å². The van der Waals surface area contributed by atoms with Gasteiger partial charge in [-0.1, -0.05) is 20.8 Å². The van der Waals surface area contributed by atoms with Crippen LogP contribution in [0.5, 0.6) is 0 Å². The van der Waals surface area contributed by atoms with E-state index in [2.05, 4.69) is 18.8 Å². The number of benzene rings is 1. The lowest BCUT2D eigenvalue weighted by atomic mass is 9.43. The van der Waals surface area contributed by atoms with Crippen LogP contribution in [-0.4, -0.2) is 38.6 Å². The van der Waals surface area contributed by atoms with Crippen molar-refractivity contribution in [2.24, 2.45) is 46.3 Å². The van der Waals surface area contributed by atoms with Gasteiger partial charge in [-0.15, -0.1) is 0 Å². The van der Waals surface area contributed by atoms with E-state index in [4.69, 9.17) is 4.42 Å². The predicted molar refractivity (Wildman–Crippen MR) is 142 cm³/mol. The molecule has 1 unspecified atom stereocenters. The van der Waals surface area contributed by atoms with Crippen LogP contribution in [0.1, 0.15) is 78.0 Å². The van der Waals surface area contributed by atoms with Crippen molar-refractivity contribution in [2.75, 3.05) is 0 Å². The maximum atomic E-state index is 14.4. The summed E-state index contributed by atoms with van der Waals surface area (Å²) in [6.45, 7) is 6.46. The second kappa shape index (κ2) is 10.0. The third-order valence-electron chi connectivity index (χ3n) is 12.2. The van der Waals surface area contributed by atoms with Crippen LogP contribution in [0.4, 0.5) is 17.6 Å². The molecule has 0 saturated heterocycles. The number of nitrogens with zero attached hydrogens (tertiary/aromatic N) is 1. The van der Waals surface area contributed by atoms with E-state index in [1.165, 1.54) is 0 Å². The Kier molecular flexibility index (Phi) is 7.10. The summed E-state index contributed by atoms with van der Waals surface area (Å²) in [4.78, 5) is 16.2. The lowest BCUT2D eigenvalue weighted by molar-refractivity contribution is -0.207. The van der Waals surface area contributed by atoms with Crippen molar-refractivity contribution in [3.8, 4) is 0 Å². The zero-order valence-electron chi connectivity index (χ0n) is 23.7. The van der Waals surface area contributed by atoms with Crippen LogP contribution in [0.15, 0.2) is 9.21 Å². The van der Waals surface area contributed by atoms with Gasteiger partial charge in [0.25, 0.3) is 0 Å².